The summed E-state index contributed by atoms with van der Waals surface area (Å²) in [5.41, 5.74) is 4.10. The number of anilines is 2. The van der Waals surface area contributed by atoms with E-state index in [0.717, 1.165) is 0 Å². The number of aliphatic hydroxyl groups excluding tert-OH is 2. The van der Waals surface area contributed by atoms with Gasteiger partial charge in [-0.25, -0.2) is 0 Å². The van der Waals surface area contributed by atoms with Gasteiger partial charge in [0.2, 0.25) is 11.7 Å². The van der Waals surface area contributed by atoms with Crippen LogP contribution in [0.15, 0.2) is 47.2 Å². The Hall–Kier alpha value is -4.68. The van der Waals surface area contributed by atoms with Crippen molar-refractivity contribution in [3.8, 4) is 16.9 Å². The summed E-state index contributed by atoms with van der Waals surface area (Å²) in [6, 6.07) is 7.35. The number of carbonyl (C=O) groups is 4. The molecule has 0 heterocycles. The number of aromatic hydroxyl groups is 1. The van der Waals surface area contributed by atoms with Crippen molar-refractivity contribution in [2.75, 3.05) is 38.4 Å². The molecular weight excluding hydrogens is 556 g/mol. The van der Waals surface area contributed by atoms with E-state index in [1.165, 1.54) is 11.8 Å². The highest BCUT2D eigenvalue weighted by Crippen LogP contribution is 2.55. The maximum absolute atomic E-state index is 14.1. The van der Waals surface area contributed by atoms with Gasteiger partial charge in [0.15, 0.2) is 11.4 Å². The molecule has 0 aliphatic heterocycles. The van der Waals surface area contributed by atoms with E-state index in [1.807, 2.05) is 0 Å². The second-order valence-corrected chi connectivity index (χ2v) is 11.8. The first-order chi connectivity index (χ1) is 20.1. The number of benzene rings is 2. The molecule has 0 saturated heterocycles. The zero-order chi connectivity index (χ0) is 31.7. The van der Waals surface area contributed by atoms with Crippen molar-refractivity contribution < 1.29 is 39.6 Å². The van der Waals surface area contributed by atoms with Crippen LogP contribution in [0.25, 0.3) is 16.9 Å². The number of ketones is 2. The molecule has 2 amide bonds. The predicted molar refractivity (Wildman–Crippen MR) is 158 cm³/mol. The summed E-state index contributed by atoms with van der Waals surface area (Å²) in [6.07, 6.45) is 0.168. The number of primary amides is 1. The Balaban J connectivity index is 1.75. The molecule has 2 aromatic rings. The zero-order valence-electron chi connectivity index (χ0n) is 24.4. The smallest absolute Gasteiger partial charge is 0.255 e. The number of phenolic OH excluding ortho intramolecular Hbond substituents is 1. The van der Waals surface area contributed by atoms with Gasteiger partial charge in [0.25, 0.3) is 5.91 Å². The van der Waals surface area contributed by atoms with Crippen LogP contribution in [-0.4, -0.2) is 88.5 Å². The highest BCUT2D eigenvalue weighted by Gasteiger charge is 2.64. The van der Waals surface area contributed by atoms with Gasteiger partial charge >= 0.3 is 0 Å². The predicted octanol–water partition coefficient (Wildman–Crippen LogP) is 1.66. The number of amides is 2. The van der Waals surface area contributed by atoms with Crippen LogP contribution in [0.2, 0.25) is 0 Å². The molecule has 0 radical (unpaired) electrons. The Morgan fingerprint density at radius 3 is 2.33 bits per heavy atom. The summed E-state index contributed by atoms with van der Waals surface area (Å²) in [5, 5.41) is 48.9. The third-order valence-electron chi connectivity index (χ3n) is 8.67. The van der Waals surface area contributed by atoms with Gasteiger partial charge in [-0.3, -0.25) is 24.1 Å². The van der Waals surface area contributed by atoms with Gasteiger partial charge in [-0.05, 0) is 62.2 Å². The topological polar surface area (TPSA) is 194 Å². The van der Waals surface area contributed by atoms with Crippen molar-refractivity contribution in [2.45, 2.75) is 31.4 Å². The lowest BCUT2D eigenvalue weighted by atomic mass is 9.57. The summed E-state index contributed by atoms with van der Waals surface area (Å²) in [5.74, 6) is -7.31. The van der Waals surface area contributed by atoms with Crippen LogP contribution >= 0.6 is 0 Å². The summed E-state index contributed by atoms with van der Waals surface area (Å²) in [6.45, 7) is 1.37. The first kappa shape index (κ1) is 29.8. The van der Waals surface area contributed by atoms with Crippen LogP contribution in [0, 0.1) is 11.8 Å². The van der Waals surface area contributed by atoms with Crippen molar-refractivity contribution in [2.24, 2.45) is 17.6 Å². The number of carbonyl (C=O) groups excluding carboxylic acids is 4. The fraction of sp³-hybridized carbons (Fsp3) is 0.355. The van der Waals surface area contributed by atoms with Gasteiger partial charge < -0.3 is 36.4 Å². The average Bonchev–Trinajstić information content (AvgIpc) is 2.90. The van der Waals surface area contributed by atoms with Crippen molar-refractivity contribution >= 4 is 40.5 Å². The highest BCUT2D eigenvalue weighted by atomic mass is 16.3. The first-order valence-corrected chi connectivity index (χ1v) is 13.7. The van der Waals surface area contributed by atoms with Gasteiger partial charge in [-0.2, -0.15) is 0 Å². The number of nitrogens with two attached hydrogens (primary N) is 1. The average molecular weight is 591 g/mol. The third-order valence-corrected chi connectivity index (χ3v) is 8.67. The van der Waals surface area contributed by atoms with E-state index in [-0.39, 0.29) is 35.6 Å². The van der Waals surface area contributed by atoms with Gasteiger partial charge in [0.05, 0.1) is 11.6 Å². The maximum Gasteiger partial charge on any atom is 0.255 e. The maximum atomic E-state index is 14.1. The lowest BCUT2D eigenvalue weighted by molar-refractivity contribution is -0.153. The number of fused-ring (bicyclic) bond motifs is 3. The quantitative estimate of drug-likeness (QED) is 0.279. The van der Waals surface area contributed by atoms with Crippen molar-refractivity contribution in [3.63, 3.8) is 0 Å². The Labute approximate surface area is 247 Å². The van der Waals surface area contributed by atoms with Crippen LogP contribution in [-0.2, 0) is 25.6 Å². The molecule has 3 aliphatic carbocycles. The van der Waals surface area contributed by atoms with Crippen LogP contribution < -0.4 is 16.0 Å². The Bertz CT molecular complexity index is 1670. The number of Topliss-reactive ketones (excluding diaryl/α,β-unsaturated/α-hetero) is 2. The van der Waals surface area contributed by atoms with Crippen LogP contribution in [0.5, 0.6) is 5.75 Å². The lowest BCUT2D eigenvalue weighted by Gasteiger charge is -2.50. The summed E-state index contributed by atoms with van der Waals surface area (Å²) in [4.78, 5) is 54.5. The van der Waals surface area contributed by atoms with Crippen LogP contribution in [0.1, 0.15) is 24.5 Å². The van der Waals surface area contributed by atoms with E-state index < -0.39 is 58.0 Å². The molecule has 2 aromatic carbocycles. The Morgan fingerprint density at radius 2 is 1.74 bits per heavy atom. The summed E-state index contributed by atoms with van der Waals surface area (Å²) < 4.78 is 0. The second-order valence-electron chi connectivity index (χ2n) is 11.8. The van der Waals surface area contributed by atoms with Crippen LogP contribution in [0.4, 0.5) is 11.4 Å². The molecule has 1 saturated carbocycles. The van der Waals surface area contributed by atoms with E-state index >= 15 is 0 Å². The van der Waals surface area contributed by atoms with E-state index in [1.54, 1.807) is 63.4 Å². The van der Waals surface area contributed by atoms with Crippen molar-refractivity contribution in [3.05, 3.63) is 58.4 Å². The zero-order valence-corrected chi connectivity index (χ0v) is 24.4. The number of phenols is 1. The number of nitrogens with one attached hydrogen (secondary N) is 1. The van der Waals surface area contributed by atoms with Crippen LogP contribution in [0.3, 0.4) is 0 Å². The molecule has 3 unspecified atom stereocenters. The number of hydrogen-bond acceptors (Lipinski definition) is 10. The lowest BCUT2D eigenvalue weighted by Crippen LogP contribution is -2.65. The third kappa shape index (κ3) is 4.36. The van der Waals surface area contributed by atoms with Gasteiger partial charge in [-0.15, -0.1) is 0 Å². The molecule has 1 fully saturated rings. The molecule has 0 bridgehead atoms. The molecule has 7 N–H and O–H groups in total. The van der Waals surface area contributed by atoms with Crippen molar-refractivity contribution in [1.29, 1.82) is 0 Å². The first-order valence-electron chi connectivity index (χ1n) is 13.7. The molecule has 0 aromatic heterocycles. The number of nitrogens with zero attached hydrogens (tertiary/aromatic N) is 2. The number of hydrogen-bond donors (Lipinski definition) is 6. The Kier molecular flexibility index (Phi) is 7.10. The monoisotopic (exact) mass is 590 g/mol. The standard InChI is InChI=1S/C31H34N4O8/c1-13(36)33-16-8-6-7-14(9-16)17-12-20(34(2)3)18-10-15-11-19-24(35(4)5)27(39)23(30(32)42)29(41)31(19,43)28(40)21(15)26(38)22(18)25(17)37/h6-9,12,15,19,24,37-38,41,43H,10-11H2,1-5H3,(H2,32,42)(H,33,36)/t15?,19?,24?,31-/m0/s1. The SMILES string of the molecule is CC(=O)Nc1cccc(-c2cc(N(C)C)c3c(c2O)C(O)=C2C(=O)[C@]4(O)C(O)=C(C(N)=O)C(=O)C(N(C)C)C4CC2C3)c1. The molecule has 5 rings (SSSR count). The van der Waals surface area contributed by atoms with Crippen molar-refractivity contribution in [1.82, 2.24) is 4.90 Å². The minimum atomic E-state index is -2.71. The fourth-order valence-corrected chi connectivity index (χ4v) is 6.88. The minimum absolute atomic E-state index is 0.0000944. The molecule has 226 valence electrons. The normalized spacial score (nSPS) is 24.9. The summed E-state index contributed by atoms with van der Waals surface area (Å²) in [7, 11) is 6.69. The molecule has 3 aliphatic rings. The highest BCUT2D eigenvalue weighted by molar-refractivity contribution is 6.24. The molecule has 0 spiro atoms. The van der Waals surface area contributed by atoms with Gasteiger partial charge in [0, 0.05) is 49.4 Å². The molecule has 4 atom stereocenters. The van der Waals surface area contributed by atoms with Gasteiger partial charge in [-0.1, -0.05) is 12.1 Å². The summed E-state index contributed by atoms with van der Waals surface area (Å²) >= 11 is 0. The number of likely N-dealkylation sites (N-methyl/N-ethyl adjacent to an activating group) is 1. The molecular formula is C31H34N4O8. The van der Waals surface area contributed by atoms with E-state index in [9.17, 15) is 39.6 Å². The molecule has 12 nitrogen and oxygen atoms in total. The molecule has 12 heteroatoms. The number of rotatable bonds is 5. The van der Waals surface area contributed by atoms with E-state index in [2.05, 4.69) is 5.32 Å². The van der Waals surface area contributed by atoms with Gasteiger partial charge in [0.1, 0.15) is 22.8 Å². The molecule has 43 heavy (non-hydrogen) atoms. The second kappa shape index (κ2) is 10.2. The van der Waals surface area contributed by atoms with E-state index in [4.69, 9.17) is 5.73 Å². The number of aliphatic hydroxyl groups is 3. The minimum Gasteiger partial charge on any atom is -0.508 e. The fourth-order valence-electron chi connectivity index (χ4n) is 6.88. The van der Waals surface area contributed by atoms with E-state index in [0.29, 0.717) is 28.1 Å². The largest absolute Gasteiger partial charge is 0.508 e. The Morgan fingerprint density at radius 1 is 1.07 bits per heavy atom.